The van der Waals surface area contributed by atoms with Crippen molar-refractivity contribution in [3.05, 3.63) is 0 Å². The van der Waals surface area contributed by atoms with E-state index in [0.29, 0.717) is 6.42 Å². The molecule has 0 aliphatic heterocycles. The van der Waals surface area contributed by atoms with E-state index < -0.39 is 18.0 Å². The summed E-state index contributed by atoms with van der Waals surface area (Å²) < 4.78 is 0. The van der Waals surface area contributed by atoms with Crippen LogP contribution in [0.2, 0.25) is 0 Å². The Bertz CT molecular complexity index is 189. The molecule has 0 aromatic rings. The first-order valence-corrected chi connectivity index (χ1v) is 5.74. The van der Waals surface area contributed by atoms with E-state index in [1.165, 1.54) is 0 Å². The highest BCUT2D eigenvalue weighted by atomic mass is 32.2. The summed E-state index contributed by atoms with van der Waals surface area (Å²) in [6.45, 7) is 0.231. The van der Waals surface area contributed by atoms with Gasteiger partial charge in [-0.15, -0.1) is 0 Å². The summed E-state index contributed by atoms with van der Waals surface area (Å²) in [5.74, 6) is -0.936. The lowest BCUT2D eigenvalue weighted by Crippen LogP contribution is -2.30. The van der Waals surface area contributed by atoms with Gasteiger partial charge in [0.2, 0.25) is 0 Å². The zero-order chi connectivity index (χ0) is 12.3. The van der Waals surface area contributed by atoms with Crippen LogP contribution in [0.5, 0.6) is 0 Å². The van der Waals surface area contributed by atoms with Crippen LogP contribution in [-0.2, 0) is 9.59 Å². The minimum absolute atomic E-state index is 0.0694. The SMILES string of the molecule is CSCCC(N)C(=O)O.NCCC(=O)O. The summed E-state index contributed by atoms with van der Waals surface area (Å²) in [5.41, 5.74) is 10.0. The van der Waals surface area contributed by atoms with Crippen LogP contribution >= 0.6 is 11.8 Å². The first-order chi connectivity index (χ1) is 6.95. The second-order valence-corrected chi connectivity index (χ2v) is 3.64. The molecule has 0 saturated carbocycles. The molecule has 90 valence electrons. The lowest BCUT2D eigenvalue weighted by atomic mass is 10.2. The van der Waals surface area contributed by atoms with Crippen LogP contribution < -0.4 is 11.5 Å². The Balaban J connectivity index is 0. The second kappa shape index (κ2) is 11.3. The van der Waals surface area contributed by atoms with Gasteiger partial charge in [0.15, 0.2) is 0 Å². The summed E-state index contributed by atoms with van der Waals surface area (Å²) in [7, 11) is 0. The summed E-state index contributed by atoms with van der Waals surface area (Å²) in [6, 6.07) is -0.683. The molecule has 0 fully saturated rings. The molecule has 6 N–H and O–H groups in total. The molecule has 1 atom stereocenters. The summed E-state index contributed by atoms with van der Waals surface area (Å²) in [6.07, 6.45) is 2.55. The maximum Gasteiger partial charge on any atom is 0.320 e. The van der Waals surface area contributed by atoms with Crippen LogP contribution in [0.1, 0.15) is 12.8 Å². The summed E-state index contributed by atoms with van der Waals surface area (Å²) >= 11 is 1.60. The first kappa shape index (κ1) is 16.6. The third-order valence-electron chi connectivity index (χ3n) is 1.31. The number of nitrogens with two attached hydrogens (primary N) is 2. The smallest absolute Gasteiger partial charge is 0.320 e. The lowest BCUT2D eigenvalue weighted by Gasteiger charge is -2.02. The fraction of sp³-hybridized carbons (Fsp3) is 0.750. The quantitative estimate of drug-likeness (QED) is 0.494. The van der Waals surface area contributed by atoms with Gasteiger partial charge in [0.1, 0.15) is 6.04 Å². The average molecular weight is 238 g/mol. The van der Waals surface area contributed by atoms with Crippen molar-refractivity contribution in [3.63, 3.8) is 0 Å². The molecule has 7 heteroatoms. The van der Waals surface area contributed by atoms with Crippen molar-refractivity contribution in [1.82, 2.24) is 0 Å². The van der Waals surface area contributed by atoms with E-state index in [2.05, 4.69) is 0 Å². The van der Waals surface area contributed by atoms with E-state index >= 15 is 0 Å². The fourth-order valence-corrected chi connectivity index (χ4v) is 0.981. The largest absolute Gasteiger partial charge is 0.481 e. The topological polar surface area (TPSA) is 127 Å². The predicted octanol–water partition coefficient (Wildman–Crippen LogP) is -0.429. The number of carboxylic acids is 2. The van der Waals surface area contributed by atoms with Gasteiger partial charge in [-0.2, -0.15) is 11.8 Å². The Morgan fingerprint density at radius 3 is 2.13 bits per heavy atom. The summed E-state index contributed by atoms with van der Waals surface area (Å²) in [4.78, 5) is 19.6. The van der Waals surface area contributed by atoms with Crippen molar-refractivity contribution in [2.24, 2.45) is 11.5 Å². The number of hydrogen-bond donors (Lipinski definition) is 4. The number of hydrogen-bond acceptors (Lipinski definition) is 5. The van der Waals surface area contributed by atoms with E-state index in [1.807, 2.05) is 6.26 Å². The van der Waals surface area contributed by atoms with Crippen LogP contribution in [0.25, 0.3) is 0 Å². The van der Waals surface area contributed by atoms with Crippen molar-refractivity contribution in [1.29, 1.82) is 0 Å². The Morgan fingerprint density at radius 2 is 1.93 bits per heavy atom. The van der Waals surface area contributed by atoms with E-state index in [0.717, 1.165) is 5.75 Å². The monoisotopic (exact) mass is 238 g/mol. The van der Waals surface area contributed by atoms with Gasteiger partial charge in [-0.3, -0.25) is 9.59 Å². The minimum Gasteiger partial charge on any atom is -0.481 e. The minimum atomic E-state index is -0.913. The highest BCUT2D eigenvalue weighted by Gasteiger charge is 2.08. The fourth-order valence-electron chi connectivity index (χ4n) is 0.492. The highest BCUT2D eigenvalue weighted by molar-refractivity contribution is 7.98. The Kier molecular flexibility index (Phi) is 12.5. The van der Waals surface area contributed by atoms with Crippen LogP contribution in [0, 0.1) is 0 Å². The molecule has 1 unspecified atom stereocenters. The van der Waals surface area contributed by atoms with Gasteiger partial charge >= 0.3 is 11.9 Å². The maximum atomic E-state index is 10.1. The summed E-state index contributed by atoms with van der Waals surface area (Å²) in [5, 5.41) is 16.1. The van der Waals surface area contributed by atoms with Gasteiger partial charge < -0.3 is 21.7 Å². The number of rotatable bonds is 6. The van der Waals surface area contributed by atoms with E-state index in [9.17, 15) is 9.59 Å². The van der Waals surface area contributed by atoms with Gasteiger partial charge in [0.25, 0.3) is 0 Å². The molecular formula is C8H18N2O4S. The molecule has 0 aromatic heterocycles. The molecule has 0 bridgehead atoms. The zero-order valence-electron chi connectivity index (χ0n) is 8.68. The van der Waals surface area contributed by atoms with Gasteiger partial charge in [0, 0.05) is 6.54 Å². The standard InChI is InChI=1S/C5H11NO2S.C3H7NO2/c1-9-3-2-4(6)5(7)8;4-2-1-3(5)6/h4H,2-3,6H2,1H3,(H,7,8);1-2,4H2,(H,5,6). The first-order valence-electron chi connectivity index (χ1n) is 4.34. The van der Waals surface area contributed by atoms with E-state index in [-0.39, 0.29) is 13.0 Å². The van der Waals surface area contributed by atoms with Crippen molar-refractivity contribution >= 4 is 23.7 Å². The Morgan fingerprint density at radius 1 is 1.40 bits per heavy atom. The zero-order valence-corrected chi connectivity index (χ0v) is 9.50. The van der Waals surface area contributed by atoms with E-state index in [4.69, 9.17) is 21.7 Å². The molecule has 6 nitrogen and oxygen atoms in total. The van der Waals surface area contributed by atoms with Crippen LogP contribution in [0.15, 0.2) is 0 Å². The number of carbonyl (C=O) groups is 2. The van der Waals surface area contributed by atoms with Crippen molar-refractivity contribution in [2.45, 2.75) is 18.9 Å². The third kappa shape index (κ3) is 15.9. The Hall–Kier alpha value is -0.790. The molecule has 0 aliphatic rings. The lowest BCUT2D eigenvalue weighted by molar-refractivity contribution is -0.139. The average Bonchev–Trinajstić information content (AvgIpc) is 2.14. The molecule has 15 heavy (non-hydrogen) atoms. The van der Waals surface area contributed by atoms with Crippen molar-refractivity contribution in [3.8, 4) is 0 Å². The van der Waals surface area contributed by atoms with Crippen molar-refractivity contribution in [2.75, 3.05) is 18.6 Å². The predicted molar refractivity (Wildman–Crippen MR) is 59.9 cm³/mol. The molecule has 0 aliphatic carbocycles. The second-order valence-electron chi connectivity index (χ2n) is 2.66. The van der Waals surface area contributed by atoms with Crippen LogP contribution in [0.4, 0.5) is 0 Å². The molecule has 0 aromatic carbocycles. The Labute approximate surface area is 93.0 Å². The number of carboxylic acid groups (broad SMARTS) is 2. The van der Waals surface area contributed by atoms with Gasteiger partial charge in [0.05, 0.1) is 6.42 Å². The van der Waals surface area contributed by atoms with Gasteiger partial charge in [-0.25, -0.2) is 0 Å². The van der Waals surface area contributed by atoms with Crippen LogP contribution in [0.3, 0.4) is 0 Å². The van der Waals surface area contributed by atoms with Gasteiger partial charge in [-0.1, -0.05) is 0 Å². The highest BCUT2D eigenvalue weighted by Crippen LogP contribution is 1.97. The normalized spacial score (nSPS) is 11.1. The molecule has 0 amide bonds. The molecule has 0 saturated heterocycles. The van der Waals surface area contributed by atoms with Crippen molar-refractivity contribution < 1.29 is 19.8 Å². The van der Waals surface area contributed by atoms with Crippen LogP contribution in [-0.4, -0.2) is 46.7 Å². The molecule has 0 rings (SSSR count). The number of aliphatic carboxylic acids is 2. The molecule has 0 spiro atoms. The van der Waals surface area contributed by atoms with E-state index in [1.54, 1.807) is 11.8 Å². The number of thioether (sulfide) groups is 1. The van der Waals surface area contributed by atoms with Gasteiger partial charge in [-0.05, 0) is 18.4 Å². The third-order valence-corrected chi connectivity index (χ3v) is 1.95. The molecule has 0 radical (unpaired) electrons. The molecule has 0 heterocycles. The maximum absolute atomic E-state index is 10.1. The molecular weight excluding hydrogens is 220 g/mol.